The number of carbonyl (C=O) groups excluding carboxylic acids is 3. The molecule has 372 valence electrons. The molecule has 0 radical (unpaired) electrons. The van der Waals surface area contributed by atoms with E-state index in [1.807, 2.05) is 53.8 Å². The molecule has 0 spiro atoms. The van der Waals surface area contributed by atoms with Gasteiger partial charge in [-0.1, -0.05) is 12.1 Å². The molecular weight excluding hydrogens is 909 g/mol. The Hall–Kier alpha value is -6.76. The summed E-state index contributed by atoms with van der Waals surface area (Å²) in [5.41, 5.74) is 6.84. The van der Waals surface area contributed by atoms with Crippen LogP contribution in [0.15, 0.2) is 76.6 Å². The molecule has 4 aliphatic heterocycles. The number of imidazole rings is 1. The Kier molecular flexibility index (Phi) is 13.1. The van der Waals surface area contributed by atoms with Gasteiger partial charge in [-0.2, -0.15) is 0 Å². The van der Waals surface area contributed by atoms with Crippen LogP contribution in [-0.2, 0) is 30.2 Å². The van der Waals surface area contributed by atoms with E-state index in [1.54, 1.807) is 30.9 Å². The Bertz CT molecular complexity index is 3220. The van der Waals surface area contributed by atoms with Crippen LogP contribution in [0.25, 0.3) is 33.3 Å². The molecule has 3 saturated heterocycles. The minimum absolute atomic E-state index is 0.0456. The summed E-state index contributed by atoms with van der Waals surface area (Å²) in [5.74, 6) is -1.33. The molecule has 0 aliphatic carbocycles. The van der Waals surface area contributed by atoms with E-state index in [0.29, 0.717) is 72.9 Å². The minimum atomic E-state index is -0.709. The Morgan fingerprint density at radius 2 is 1.62 bits per heavy atom. The Morgan fingerprint density at radius 3 is 2.32 bits per heavy atom. The van der Waals surface area contributed by atoms with Crippen molar-refractivity contribution >= 4 is 51.0 Å². The number of amides is 3. The molecule has 3 amide bonds. The van der Waals surface area contributed by atoms with Crippen LogP contribution in [0.4, 0.5) is 14.5 Å². The molecule has 1 unspecified atom stereocenters. The molecule has 8 heterocycles. The third-order valence-corrected chi connectivity index (χ3v) is 15.5. The van der Waals surface area contributed by atoms with Gasteiger partial charge in [-0.05, 0) is 98.5 Å². The minimum Gasteiger partial charge on any atom is -0.386 e. The number of hydrogen-bond acceptors (Lipinski definition) is 10. The largest absolute Gasteiger partial charge is 0.386 e. The lowest BCUT2D eigenvalue weighted by Gasteiger charge is -2.39. The first kappa shape index (κ1) is 47.9. The van der Waals surface area contributed by atoms with Crippen LogP contribution in [0.2, 0.25) is 0 Å². The van der Waals surface area contributed by atoms with E-state index in [4.69, 9.17) is 0 Å². The number of piperazine rings is 1. The molecule has 2 aromatic carbocycles. The number of nitrogens with zero attached hydrogens (tertiary/aromatic N) is 9. The highest BCUT2D eigenvalue weighted by Gasteiger charge is 2.33. The third-order valence-electron chi connectivity index (χ3n) is 15.5. The molecule has 2 N–H and O–H groups in total. The molecule has 0 bridgehead atoms. The summed E-state index contributed by atoms with van der Waals surface area (Å²) in [5, 5.41) is 5.81. The van der Waals surface area contributed by atoms with Crippen LogP contribution in [-0.4, -0.2) is 127 Å². The van der Waals surface area contributed by atoms with Crippen molar-refractivity contribution in [3.05, 3.63) is 127 Å². The topological polar surface area (TPSA) is 155 Å². The molecule has 2 atom stereocenters. The van der Waals surface area contributed by atoms with Crippen molar-refractivity contribution in [1.29, 1.82) is 0 Å². The molecule has 6 aromatic rings. The van der Waals surface area contributed by atoms with Crippen molar-refractivity contribution in [3.63, 3.8) is 0 Å². The number of aromatic nitrogens is 5. The maximum Gasteiger partial charge on any atom is 0.329 e. The molecule has 18 heteroatoms. The number of nitrogens with one attached hydrogen (secondary N) is 2. The van der Waals surface area contributed by atoms with Crippen molar-refractivity contribution in [2.75, 3.05) is 71.3 Å². The van der Waals surface area contributed by atoms with E-state index in [-0.39, 0.29) is 47.0 Å². The van der Waals surface area contributed by atoms with Crippen molar-refractivity contribution in [1.82, 2.24) is 48.2 Å². The van der Waals surface area contributed by atoms with E-state index in [1.165, 1.54) is 27.5 Å². The predicted octanol–water partition coefficient (Wildman–Crippen LogP) is 5.50. The van der Waals surface area contributed by atoms with Gasteiger partial charge in [0.2, 0.25) is 11.8 Å². The lowest BCUT2D eigenvalue weighted by molar-refractivity contribution is -0.135. The number of pyridine rings is 2. The van der Waals surface area contributed by atoms with Crippen LogP contribution in [0.3, 0.4) is 0 Å². The number of likely N-dealkylation sites (tertiary alicyclic amines) is 1. The summed E-state index contributed by atoms with van der Waals surface area (Å²) < 4.78 is 37.3. The molecule has 16 nitrogen and oxygen atoms in total. The lowest BCUT2D eigenvalue weighted by Crippen LogP contribution is -2.48. The van der Waals surface area contributed by atoms with E-state index < -0.39 is 17.8 Å². The number of anilines is 1. The van der Waals surface area contributed by atoms with Gasteiger partial charge in [0.25, 0.3) is 11.5 Å². The van der Waals surface area contributed by atoms with Gasteiger partial charge in [-0.3, -0.25) is 48.0 Å². The fourth-order valence-corrected chi connectivity index (χ4v) is 11.4. The van der Waals surface area contributed by atoms with Crippen LogP contribution >= 0.6 is 0 Å². The summed E-state index contributed by atoms with van der Waals surface area (Å²) in [6.45, 7) is 12.0. The van der Waals surface area contributed by atoms with Crippen LogP contribution < -0.4 is 21.9 Å². The van der Waals surface area contributed by atoms with Gasteiger partial charge in [0.15, 0.2) is 5.82 Å². The van der Waals surface area contributed by atoms with Crippen LogP contribution in [0, 0.1) is 24.5 Å². The van der Waals surface area contributed by atoms with Crippen molar-refractivity contribution in [2.24, 2.45) is 20.0 Å². The number of piperidine rings is 2. The summed E-state index contributed by atoms with van der Waals surface area (Å²) in [6.07, 6.45) is 7.82. The van der Waals surface area contributed by atoms with Crippen LogP contribution in [0.1, 0.15) is 83.9 Å². The molecule has 3 fully saturated rings. The van der Waals surface area contributed by atoms with E-state index in [9.17, 15) is 28.4 Å². The Morgan fingerprint density at radius 1 is 0.859 bits per heavy atom. The normalized spacial score (nSPS) is 19.4. The number of carbonyl (C=O) groups is 3. The number of halogens is 2. The highest BCUT2D eigenvalue weighted by Crippen LogP contribution is 2.35. The summed E-state index contributed by atoms with van der Waals surface area (Å²) in [7, 11) is 5.22. The maximum atomic E-state index is 16.1. The van der Waals surface area contributed by atoms with Crippen molar-refractivity contribution in [3.8, 4) is 5.69 Å². The number of benzene rings is 2. The van der Waals surface area contributed by atoms with Gasteiger partial charge in [0.05, 0.1) is 28.6 Å². The summed E-state index contributed by atoms with van der Waals surface area (Å²) in [4.78, 5) is 78.1. The summed E-state index contributed by atoms with van der Waals surface area (Å²) >= 11 is 0. The second-order valence-corrected chi connectivity index (χ2v) is 19.8. The first-order chi connectivity index (χ1) is 34.2. The standard InChI is InChI=1S/C53H61F2N11O5/c1-32-24-37(26-39(54)49(32)36-13-18-63(19-14-36)33(2)45-27-38-42(10-15-57-50(38)59(45)4)65-31-40(55)41(56-3)28-48(65)68)52(70)64-16-11-34(12-17-64)29-61-20-22-62(23-21-61)30-35-6-7-43-46(25-35)60(5)53(71)66(43)44-8-9-47(67)58-51(44)69/h6-7,10,13,15,24-28,31,33-34,44,56H,8-9,11-12,14,16-23,29-30H2,1-5H3,(H,58,67,69)/t33-,44?/m0/s1. The third kappa shape index (κ3) is 9.12. The zero-order chi connectivity index (χ0) is 49.8. The van der Waals surface area contributed by atoms with E-state index in [2.05, 4.69) is 43.3 Å². The quantitative estimate of drug-likeness (QED) is 0.159. The SMILES string of the molecule is CNc1cc(=O)n(-c2ccnc3c2cc([C@H](C)N2CC=C(c4c(C)cc(C(=O)N5CCC(CN6CCN(Cc7ccc8c(c7)n(C)c(=O)n8C7CCC(=O)NC7=O)CC6)CC5)cc4F)CC2)n3C)cc1F. The monoisotopic (exact) mass is 969 g/mol. The lowest BCUT2D eigenvalue weighted by atomic mass is 9.92. The zero-order valence-electron chi connectivity index (χ0n) is 41.0. The first-order valence-electron chi connectivity index (χ1n) is 24.7. The second-order valence-electron chi connectivity index (χ2n) is 19.8. The smallest absolute Gasteiger partial charge is 0.329 e. The van der Waals surface area contributed by atoms with Gasteiger partial charge in [-0.15, -0.1) is 0 Å². The molecule has 4 aliphatic rings. The maximum absolute atomic E-state index is 16.1. The van der Waals surface area contributed by atoms with Gasteiger partial charge in [0, 0.05) is 134 Å². The van der Waals surface area contributed by atoms with Gasteiger partial charge < -0.3 is 19.7 Å². The number of fused-ring (bicyclic) bond motifs is 2. The molecule has 10 rings (SSSR count). The average Bonchev–Trinajstić information content (AvgIpc) is 3.83. The van der Waals surface area contributed by atoms with E-state index in [0.717, 1.165) is 85.4 Å². The average molecular weight is 970 g/mol. The fraction of sp³-hybridized carbons (Fsp3) is 0.434. The van der Waals surface area contributed by atoms with Gasteiger partial charge in [0.1, 0.15) is 17.5 Å². The van der Waals surface area contributed by atoms with Crippen molar-refractivity contribution < 1.29 is 23.2 Å². The Labute approximate surface area is 410 Å². The number of aryl methyl sites for hydroxylation is 3. The molecule has 4 aromatic heterocycles. The van der Waals surface area contributed by atoms with Gasteiger partial charge in [-0.25, -0.2) is 18.6 Å². The highest BCUT2D eigenvalue weighted by atomic mass is 19.1. The fourth-order valence-electron chi connectivity index (χ4n) is 11.4. The highest BCUT2D eigenvalue weighted by molar-refractivity contribution is 6.00. The number of hydrogen-bond donors (Lipinski definition) is 2. The zero-order valence-corrected chi connectivity index (χ0v) is 41.0. The van der Waals surface area contributed by atoms with Crippen LogP contribution in [0.5, 0.6) is 0 Å². The van der Waals surface area contributed by atoms with Crippen molar-refractivity contribution in [2.45, 2.75) is 64.6 Å². The molecule has 71 heavy (non-hydrogen) atoms. The molecule has 0 saturated carbocycles. The number of rotatable bonds is 11. The number of imide groups is 1. The summed E-state index contributed by atoms with van der Waals surface area (Å²) in [6, 6.07) is 13.4. The first-order valence-corrected chi connectivity index (χ1v) is 24.7. The van der Waals surface area contributed by atoms with Gasteiger partial charge >= 0.3 is 5.69 Å². The predicted molar refractivity (Wildman–Crippen MR) is 268 cm³/mol. The second kappa shape index (κ2) is 19.4. The molecular formula is C53H61F2N11O5. The van der Waals surface area contributed by atoms with E-state index >= 15 is 4.39 Å². The Balaban J connectivity index is 0.713.